The highest BCUT2D eigenvalue weighted by molar-refractivity contribution is 5.90. The van der Waals surface area contributed by atoms with Crippen LogP contribution in [0.25, 0.3) is 0 Å². The lowest BCUT2D eigenvalue weighted by atomic mass is 9.81. The molecule has 1 fully saturated rings. The third-order valence-corrected chi connectivity index (χ3v) is 3.23. The minimum Gasteiger partial charge on any atom is -0.480 e. The van der Waals surface area contributed by atoms with Crippen molar-refractivity contribution >= 4 is 11.9 Å². The highest BCUT2D eigenvalue weighted by atomic mass is 16.4. The Bertz CT molecular complexity index is 298. The molecule has 0 saturated heterocycles. The van der Waals surface area contributed by atoms with E-state index < -0.39 is 29.6 Å². The van der Waals surface area contributed by atoms with E-state index in [0.717, 1.165) is 19.3 Å². The first-order valence-corrected chi connectivity index (χ1v) is 5.87. The molecule has 2 atom stereocenters. The standard InChI is InChI=1S/C11H20N2O4/c1-7(14)8(9(15)16)13-10(17)11(12)5-3-2-4-6-11/h7-8,14H,2-6,12H2,1H3,(H,13,17)(H,15,16). The summed E-state index contributed by atoms with van der Waals surface area (Å²) in [4.78, 5) is 22.8. The third kappa shape index (κ3) is 3.41. The van der Waals surface area contributed by atoms with Crippen LogP contribution in [-0.4, -0.2) is 39.8 Å². The molecule has 1 saturated carbocycles. The predicted octanol–water partition coefficient (Wildman–Crippen LogP) is -0.402. The molecule has 0 aromatic carbocycles. The fourth-order valence-electron chi connectivity index (χ4n) is 2.08. The van der Waals surface area contributed by atoms with Crippen LogP contribution in [0.5, 0.6) is 0 Å². The van der Waals surface area contributed by atoms with Crippen molar-refractivity contribution in [3.05, 3.63) is 0 Å². The molecule has 0 aliphatic heterocycles. The molecule has 1 aliphatic carbocycles. The number of nitrogens with two attached hydrogens (primary N) is 1. The third-order valence-electron chi connectivity index (χ3n) is 3.23. The minimum absolute atomic E-state index is 0.481. The van der Waals surface area contributed by atoms with Gasteiger partial charge in [-0.25, -0.2) is 4.79 Å². The van der Waals surface area contributed by atoms with E-state index in [-0.39, 0.29) is 0 Å². The van der Waals surface area contributed by atoms with Crippen molar-refractivity contribution in [3.63, 3.8) is 0 Å². The normalized spacial score (nSPS) is 22.5. The van der Waals surface area contributed by atoms with Gasteiger partial charge in [0.05, 0.1) is 11.6 Å². The second-order valence-electron chi connectivity index (χ2n) is 4.75. The SMILES string of the molecule is CC(O)C(NC(=O)C1(N)CCCCC1)C(=O)O. The molecular weight excluding hydrogens is 224 g/mol. The van der Waals surface area contributed by atoms with Crippen LogP contribution in [0.4, 0.5) is 0 Å². The average molecular weight is 244 g/mol. The number of rotatable bonds is 4. The molecule has 6 nitrogen and oxygen atoms in total. The zero-order chi connectivity index (χ0) is 13.1. The van der Waals surface area contributed by atoms with Gasteiger partial charge in [0.25, 0.3) is 0 Å². The quantitative estimate of drug-likeness (QED) is 0.537. The number of carbonyl (C=O) groups excluding carboxylic acids is 1. The van der Waals surface area contributed by atoms with Crippen molar-refractivity contribution < 1.29 is 19.8 Å². The number of nitrogens with one attached hydrogen (secondary N) is 1. The van der Waals surface area contributed by atoms with Crippen LogP contribution in [0.2, 0.25) is 0 Å². The molecule has 1 aliphatic rings. The van der Waals surface area contributed by atoms with Gasteiger partial charge < -0.3 is 21.3 Å². The fourth-order valence-corrected chi connectivity index (χ4v) is 2.08. The van der Waals surface area contributed by atoms with Gasteiger partial charge >= 0.3 is 5.97 Å². The summed E-state index contributed by atoms with van der Waals surface area (Å²) in [6.07, 6.45) is 2.76. The first-order chi connectivity index (χ1) is 7.87. The minimum atomic E-state index is -1.30. The maximum absolute atomic E-state index is 11.9. The zero-order valence-electron chi connectivity index (χ0n) is 9.98. The van der Waals surface area contributed by atoms with Crippen molar-refractivity contribution in [1.82, 2.24) is 5.32 Å². The molecule has 0 radical (unpaired) electrons. The van der Waals surface area contributed by atoms with E-state index in [0.29, 0.717) is 12.8 Å². The maximum atomic E-state index is 11.9. The second kappa shape index (κ2) is 5.46. The van der Waals surface area contributed by atoms with Crippen molar-refractivity contribution in [2.75, 3.05) is 0 Å². The molecule has 17 heavy (non-hydrogen) atoms. The fraction of sp³-hybridized carbons (Fsp3) is 0.818. The van der Waals surface area contributed by atoms with Crippen molar-refractivity contribution in [2.45, 2.75) is 56.7 Å². The number of aliphatic hydroxyl groups is 1. The van der Waals surface area contributed by atoms with Crippen LogP contribution >= 0.6 is 0 Å². The Morgan fingerprint density at radius 2 is 1.82 bits per heavy atom. The van der Waals surface area contributed by atoms with Crippen LogP contribution in [-0.2, 0) is 9.59 Å². The first kappa shape index (κ1) is 13.9. The summed E-state index contributed by atoms with van der Waals surface area (Å²) >= 11 is 0. The summed E-state index contributed by atoms with van der Waals surface area (Å²) in [5.41, 5.74) is 4.98. The molecule has 6 heteroatoms. The lowest BCUT2D eigenvalue weighted by Crippen LogP contribution is -2.60. The summed E-state index contributed by atoms with van der Waals surface area (Å²) in [5, 5.41) is 20.4. The van der Waals surface area contributed by atoms with E-state index in [1.54, 1.807) is 0 Å². The zero-order valence-corrected chi connectivity index (χ0v) is 9.98. The van der Waals surface area contributed by atoms with Gasteiger partial charge in [-0.3, -0.25) is 4.79 Å². The first-order valence-electron chi connectivity index (χ1n) is 5.87. The molecule has 5 N–H and O–H groups in total. The lowest BCUT2D eigenvalue weighted by molar-refractivity contribution is -0.146. The van der Waals surface area contributed by atoms with Gasteiger partial charge in [-0.2, -0.15) is 0 Å². The van der Waals surface area contributed by atoms with E-state index in [1.165, 1.54) is 6.92 Å². The summed E-state index contributed by atoms with van der Waals surface area (Å²) < 4.78 is 0. The van der Waals surface area contributed by atoms with Crippen molar-refractivity contribution in [2.24, 2.45) is 5.73 Å². The monoisotopic (exact) mass is 244 g/mol. The summed E-state index contributed by atoms with van der Waals surface area (Å²) in [7, 11) is 0. The number of hydrogen-bond donors (Lipinski definition) is 4. The number of carbonyl (C=O) groups is 2. The topological polar surface area (TPSA) is 113 Å². The summed E-state index contributed by atoms with van der Waals surface area (Å²) in [6, 6.07) is -1.30. The van der Waals surface area contributed by atoms with E-state index in [9.17, 15) is 14.7 Å². The molecule has 0 aromatic heterocycles. The second-order valence-corrected chi connectivity index (χ2v) is 4.75. The Labute approximate surface area is 100 Å². The number of amides is 1. The number of hydrogen-bond acceptors (Lipinski definition) is 4. The predicted molar refractivity (Wildman–Crippen MR) is 61.3 cm³/mol. The molecule has 0 spiro atoms. The molecule has 2 unspecified atom stereocenters. The lowest BCUT2D eigenvalue weighted by Gasteiger charge is -2.33. The highest BCUT2D eigenvalue weighted by Gasteiger charge is 2.38. The van der Waals surface area contributed by atoms with E-state index in [2.05, 4.69) is 5.32 Å². The molecule has 0 bridgehead atoms. The van der Waals surface area contributed by atoms with Gasteiger partial charge in [0.2, 0.25) is 5.91 Å². The van der Waals surface area contributed by atoms with E-state index in [1.807, 2.05) is 0 Å². The molecular formula is C11H20N2O4. The van der Waals surface area contributed by atoms with Gasteiger partial charge in [-0.1, -0.05) is 19.3 Å². The Morgan fingerprint density at radius 1 is 1.29 bits per heavy atom. The highest BCUT2D eigenvalue weighted by Crippen LogP contribution is 2.26. The van der Waals surface area contributed by atoms with Gasteiger partial charge in [0.1, 0.15) is 0 Å². The van der Waals surface area contributed by atoms with Gasteiger partial charge in [0.15, 0.2) is 6.04 Å². The Hall–Kier alpha value is -1.14. The van der Waals surface area contributed by atoms with Crippen LogP contribution in [0.1, 0.15) is 39.0 Å². The van der Waals surface area contributed by atoms with Gasteiger partial charge in [0, 0.05) is 0 Å². The summed E-state index contributed by atoms with van der Waals surface area (Å²) in [5.74, 6) is -1.74. The maximum Gasteiger partial charge on any atom is 0.328 e. The van der Waals surface area contributed by atoms with Gasteiger partial charge in [-0.05, 0) is 19.8 Å². The van der Waals surface area contributed by atoms with E-state index in [4.69, 9.17) is 10.8 Å². The summed E-state index contributed by atoms with van der Waals surface area (Å²) in [6.45, 7) is 1.32. The molecule has 1 rings (SSSR count). The average Bonchev–Trinajstić information content (AvgIpc) is 2.25. The van der Waals surface area contributed by atoms with Crippen molar-refractivity contribution in [1.29, 1.82) is 0 Å². The van der Waals surface area contributed by atoms with Crippen LogP contribution in [0.3, 0.4) is 0 Å². The number of carboxylic acid groups (broad SMARTS) is 1. The number of aliphatic hydroxyl groups excluding tert-OH is 1. The van der Waals surface area contributed by atoms with Crippen LogP contribution < -0.4 is 11.1 Å². The molecule has 98 valence electrons. The smallest absolute Gasteiger partial charge is 0.328 e. The molecule has 0 heterocycles. The van der Waals surface area contributed by atoms with Crippen LogP contribution in [0, 0.1) is 0 Å². The van der Waals surface area contributed by atoms with Crippen LogP contribution in [0.15, 0.2) is 0 Å². The van der Waals surface area contributed by atoms with Gasteiger partial charge in [-0.15, -0.1) is 0 Å². The number of carboxylic acids is 1. The largest absolute Gasteiger partial charge is 0.480 e. The molecule has 1 amide bonds. The Kier molecular flexibility index (Phi) is 4.47. The number of aliphatic carboxylic acids is 1. The Morgan fingerprint density at radius 3 is 2.24 bits per heavy atom. The van der Waals surface area contributed by atoms with E-state index >= 15 is 0 Å². The molecule has 0 aromatic rings. The Balaban J connectivity index is 2.66. The van der Waals surface area contributed by atoms with Crippen molar-refractivity contribution in [3.8, 4) is 0 Å².